The number of nitrogens with zero attached hydrogens (tertiary/aromatic N) is 9. The normalized spacial score (nSPS) is 16.2. The minimum Gasteiger partial charge on any atom is -0.482 e. The fraction of sp³-hybridized carbons (Fsp3) is 0.536. The molecular weight excluding hydrogens is 524 g/mol. The molecule has 1 aliphatic heterocycles. The Labute approximate surface area is 239 Å². The Morgan fingerprint density at radius 2 is 1.93 bits per heavy atom. The summed E-state index contributed by atoms with van der Waals surface area (Å²) in [4.78, 5) is 19.0. The molecule has 1 atom stereocenters. The number of fused-ring (bicyclic) bond motifs is 1. The van der Waals surface area contributed by atoms with E-state index >= 15 is 0 Å². The molecule has 1 fully saturated rings. The van der Waals surface area contributed by atoms with Crippen LogP contribution in [0.2, 0.25) is 0 Å². The molecule has 4 rings (SSSR count). The highest BCUT2D eigenvalue weighted by Crippen LogP contribution is 2.30. The second kappa shape index (κ2) is 12.0. The zero-order valence-electron chi connectivity index (χ0n) is 24.7. The molecule has 0 aromatic carbocycles. The molecule has 41 heavy (non-hydrogen) atoms. The van der Waals surface area contributed by atoms with E-state index in [0.717, 1.165) is 0 Å². The Kier molecular flexibility index (Phi) is 8.60. The Bertz CT molecular complexity index is 1500. The molecular formula is C28H38N10O3. The van der Waals surface area contributed by atoms with Crippen LogP contribution in [-0.2, 0) is 4.74 Å². The third-order valence-corrected chi connectivity index (χ3v) is 6.71. The first-order valence-corrected chi connectivity index (χ1v) is 13.7. The van der Waals surface area contributed by atoms with E-state index < -0.39 is 11.7 Å². The number of hydrogen-bond donors (Lipinski definition) is 1. The average Bonchev–Trinajstić information content (AvgIpc) is 3.56. The molecule has 0 spiro atoms. The van der Waals surface area contributed by atoms with Gasteiger partial charge in [0.05, 0.1) is 24.1 Å². The van der Waals surface area contributed by atoms with Crippen molar-refractivity contribution in [3.63, 3.8) is 0 Å². The Hall–Kier alpha value is -4.47. The largest absolute Gasteiger partial charge is 0.482 e. The molecule has 218 valence electrons. The molecule has 1 amide bonds. The quantitative estimate of drug-likeness (QED) is 0.256. The zero-order valence-corrected chi connectivity index (χ0v) is 24.7. The van der Waals surface area contributed by atoms with Gasteiger partial charge in [-0.3, -0.25) is 4.99 Å². The van der Waals surface area contributed by atoms with Crippen LogP contribution in [0.25, 0.3) is 5.52 Å². The smallest absolute Gasteiger partial charge is 0.410 e. The summed E-state index contributed by atoms with van der Waals surface area (Å²) in [6, 6.07) is 4.13. The molecule has 1 saturated heterocycles. The van der Waals surface area contributed by atoms with Crippen molar-refractivity contribution >= 4 is 23.0 Å². The molecule has 1 unspecified atom stereocenters. The van der Waals surface area contributed by atoms with Crippen molar-refractivity contribution in [2.24, 2.45) is 15.9 Å². The van der Waals surface area contributed by atoms with Crippen molar-refractivity contribution < 1.29 is 14.3 Å². The Morgan fingerprint density at radius 3 is 2.51 bits per heavy atom. The number of likely N-dealkylation sites (tertiary alicyclic amines) is 1. The lowest BCUT2D eigenvalue weighted by Crippen LogP contribution is -2.42. The van der Waals surface area contributed by atoms with Crippen LogP contribution in [0.3, 0.4) is 0 Å². The van der Waals surface area contributed by atoms with E-state index in [2.05, 4.69) is 26.6 Å². The summed E-state index contributed by atoms with van der Waals surface area (Å²) < 4.78 is 15.2. The molecule has 13 heteroatoms. The number of rotatable bonds is 7. The first-order chi connectivity index (χ1) is 19.4. The van der Waals surface area contributed by atoms with Crippen LogP contribution in [0.4, 0.5) is 4.79 Å². The standard InChI is InChI=1S/C28H38N10O3/c1-17(2)37-16-23(34-35-37)19(4)40-24-12-20(15-38-26(24)21(13-29)14-31-38)25(33-30)18(3)32-22-8-10-36(11-9-22)27(39)41-28(5,6)7/h12,14-17,19,22H,8-11,30H2,1-7H3. The van der Waals surface area contributed by atoms with Gasteiger partial charge < -0.3 is 20.2 Å². The Balaban J connectivity index is 1.57. The lowest BCUT2D eigenvalue weighted by Gasteiger charge is -2.32. The maximum absolute atomic E-state index is 12.4. The lowest BCUT2D eigenvalue weighted by molar-refractivity contribution is 0.0207. The van der Waals surface area contributed by atoms with E-state index in [-0.39, 0.29) is 18.2 Å². The summed E-state index contributed by atoms with van der Waals surface area (Å²) >= 11 is 0. The highest BCUT2D eigenvalue weighted by Gasteiger charge is 2.27. The van der Waals surface area contributed by atoms with E-state index in [1.54, 1.807) is 26.4 Å². The van der Waals surface area contributed by atoms with E-state index in [1.165, 1.54) is 6.20 Å². The van der Waals surface area contributed by atoms with E-state index in [4.69, 9.17) is 20.3 Å². The summed E-state index contributed by atoms with van der Waals surface area (Å²) in [5.74, 6) is 6.31. The first kappa shape index (κ1) is 29.5. The third-order valence-electron chi connectivity index (χ3n) is 6.71. The van der Waals surface area contributed by atoms with Gasteiger partial charge in [0.1, 0.15) is 46.0 Å². The molecule has 3 aromatic rings. The van der Waals surface area contributed by atoms with Gasteiger partial charge in [-0.05, 0) is 67.4 Å². The molecule has 0 radical (unpaired) electrons. The van der Waals surface area contributed by atoms with Crippen molar-refractivity contribution in [2.75, 3.05) is 13.1 Å². The molecule has 2 N–H and O–H groups in total. The highest BCUT2D eigenvalue weighted by molar-refractivity contribution is 6.47. The van der Waals surface area contributed by atoms with Crippen molar-refractivity contribution in [2.45, 2.75) is 85.1 Å². The van der Waals surface area contributed by atoms with Crippen LogP contribution in [0.1, 0.15) is 90.3 Å². The number of pyridine rings is 1. The summed E-state index contributed by atoms with van der Waals surface area (Å²) in [5, 5.41) is 26.5. The van der Waals surface area contributed by atoms with E-state index in [9.17, 15) is 10.1 Å². The predicted octanol–water partition coefficient (Wildman–Crippen LogP) is 4.04. The van der Waals surface area contributed by atoms with E-state index in [0.29, 0.717) is 65.4 Å². The fourth-order valence-corrected chi connectivity index (χ4v) is 4.58. The number of carbonyl (C=O) groups excluding carboxylic acids is 1. The topological polar surface area (TPSA) is 161 Å². The van der Waals surface area contributed by atoms with Crippen LogP contribution < -0.4 is 10.6 Å². The number of aliphatic imine (C=N–C) groups is 1. The SMILES string of the molecule is CC(=NC1CCN(C(=O)OC(C)(C)C)CC1)C(=NN)c1cc(OC(C)c2cn(C(C)C)nn2)c2c(C#N)cnn2c1. The van der Waals surface area contributed by atoms with Crippen molar-refractivity contribution in [3.05, 3.63) is 41.5 Å². The monoisotopic (exact) mass is 562 g/mol. The van der Waals surface area contributed by atoms with Gasteiger partial charge in [0.15, 0.2) is 0 Å². The minimum absolute atomic E-state index is 0.00312. The van der Waals surface area contributed by atoms with E-state index in [1.807, 2.05) is 54.7 Å². The number of ether oxygens (including phenoxy) is 2. The predicted molar refractivity (Wildman–Crippen MR) is 154 cm³/mol. The molecule has 3 aromatic heterocycles. The number of hydrazone groups is 1. The molecule has 1 aliphatic rings. The van der Waals surface area contributed by atoms with Crippen molar-refractivity contribution in [3.8, 4) is 11.8 Å². The van der Waals surface area contributed by atoms with Crippen LogP contribution in [0, 0.1) is 11.3 Å². The van der Waals surface area contributed by atoms with Crippen LogP contribution in [-0.4, -0.2) is 71.8 Å². The lowest BCUT2D eigenvalue weighted by atomic mass is 10.0. The fourth-order valence-electron chi connectivity index (χ4n) is 4.58. The molecule has 13 nitrogen and oxygen atoms in total. The zero-order chi connectivity index (χ0) is 29.9. The average molecular weight is 563 g/mol. The number of hydrogen-bond acceptors (Lipinski definition) is 10. The van der Waals surface area contributed by atoms with Crippen LogP contribution in [0.5, 0.6) is 5.75 Å². The van der Waals surface area contributed by atoms with Gasteiger partial charge in [-0.1, -0.05) is 5.21 Å². The Morgan fingerprint density at radius 1 is 1.22 bits per heavy atom. The maximum atomic E-state index is 12.4. The molecule has 4 heterocycles. The third kappa shape index (κ3) is 6.82. The minimum atomic E-state index is -0.536. The number of amides is 1. The first-order valence-electron chi connectivity index (χ1n) is 13.7. The second-order valence-electron chi connectivity index (χ2n) is 11.4. The van der Waals surface area contributed by atoms with Crippen LogP contribution >= 0.6 is 0 Å². The number of aromatic nitrogens is 5. The number of nitrogens with two attached hydrogens (primary N) is 1. The van der Waals surface area contributed by atoms with Gasteiger partial charge in [-0.2, -0.15) is 15.5 Å². The summed E-state index contributed by atoms with van der Waals surface area (Å²) in [7, 11) is 0. The second-order valence-corrected chi connectivity index (χ2v) is 11.4. The van der Waals surface area contributed by atoms with Gasteiger partial charge in [-0.15, -0.1) is 5.10 Å². The highest BCUT2D eigenvalue weighted by atomic mass is 16.6. The number of piperidine rings is 1. The van der Waals surface area contributed by atoms with Crippen molar-refractivity contribution in [1.29, 1.82) is 5.26 Å². The van der Waals surface area contributed by atoms with Gasteiger partial charge in [0.25, 0.3) is 0 Å². The van der Waals surface area contributed by atoms with Gasteiger partial charge >= 0.3 is 6.09 Å². The molecule has 0 saturated carbocycles. The molecule has 0 aliphatic carbocycles. The van der Waals surface area contributed by atoms with Gasteiger partial charge in [-0.25, -0.2) is 14.0 Å². The van der Waals surface area contributed by atoms with Crippen molar-refractivity contribution in [1.82, 2.24) is 29.5 Å². The number of carbonyl (C=O) groups is 1. The molecule has 0 bridgehead atoms. The summed E-state index contributed by atoms with van der Waals surface area (Å²) in [6.45, 7) is 14.4. The summed E-state index contributed by atoms with van der Waals surface area (Å²) in [5.41, 5.74) is 2.77. The van der Waals surface area contributed by atoms with Gasteiger partial charge in [0.2, 0.25) is 0 Å². The number of nitriles is 1. The maximum Gasteiger partial charge on any atom is 0.410 e. The summed E-state index contributed by atoms with van der Waals surface area (Å²) in [6.07, 6.45) is 5.71. The van der Waals surface area contributed by atoms with Crippen LogP contribution in [0.15, 0.2) is 34.8 Å². The van der Waals surface area contributed by atoms with Gasteiger partial charge in [0, 0.05) is 30.9 Å².